The highest BCUT2D eigenvalue weighted by Crippen LogP contribution is 2.32. The summed E-state index contributed by atoms with van der Waals surface area (Å²) in [5.41, 5.74) is 20.9. The summed E-state index contributed by atoms with van der Waals surface area (Å²) in [6.45, 7) is 5.68. The number of pyridine rings is 4. The van der Waals surface area contributed by atoms with E-state index in [0.29, 0.717) is 63.0 Å². The van der Waals surface area contributed by atoms with Gasteiger partial charge in [-0.1, -0.05) is 70.5 Å². The minimum absolute atomic E-state index is 0.0405. The van der Waals surface area contributed by atoms with Crippen LogP contribution in [0.2, 0.25) is 0 Å². The Morgan fingerprint density at radius 1 is 0.477 bits per heavy atom. The molecule has 0 aliphatic carbocycles. The fourth-order valence-electron chi connectivity index (χ4n) is 9.97. The predicted molar refractivity (Wildman–Crippen MR) is 424 cm³/mol. The normalized spacial score (nSPS) is 10.5. The number of hydrogen-bond acceptors (Lipinski definition) is 24. The van der Waals surface area contributed by atoms with Crippen molar-refractivity contribution in [3.63, 3.8) is 0 Å². The average molecular weight is 1580 g/mol. The van der Waals surface area contributed by atoms with E-state index in [2.05, 4.69) is 84.3 Å². The van der Waals surface area contributed by atoms with E-state index < -0.39 is 12.5 Å². The van der Waals surface area contributed by atoms with E-state index in [1.807, 2.05) is 157 Å². The summed E-state index contributed by atoms with van der Waals surface area (Å²) in [7, 11) is 0. The Bertz CT molecular complexity index is 5370. The largest absolute Gasteiger partial charge is 0.462 e. The molecule has 0 spiro atoms. The lowest BCUT2D eigenvalue weighted by molar-refractivity contribution is 0.0517. The van der Waals surface area contributed by atoms with Gasteiger partial charge in [0.15, 0.2) is 32.1 Å². The maximum Gasteiger partial charge on any atom is 0.338 e. The lowest BCUT2D eigenvalue weighted by Gasteiger charge is -2.06. The number of imidazole rings is 4. The Labute approximate surface area is 637 Å². The number of fused-ring (bicyclic) bond motifs is 4. The number of Topliss-reactive ketones (excluding diaryl/α,β-unsaturated/α-hetero) is 2. The van der Waals surface area contributed by atoms with E-state index in [4.69, 9.17) is 30.6 Å². The third-order valence-electron chi connectivity index (χ3n) is 14.7. The van der Waals surface area contributed by atoms with E-state index in [1.165, 1.54) is 34.0 Å². The van der Waals surface area contributed by atoms with Crippen molar-refractivity contribution in [3.05, 3.63) is 264 Å². The van der Waals surface area contributed by atoms with Gasteiger partial charge in [0.1, 0.15) is 52.0 Å². The number of anilines is 7. The molecule has 4 aromatic carbocycles. The van der Waals surface area contributed by atoms with Gasteiger partial charge in [-0.2, -0.15) is 0 Å². The highest BCUT2D eigenvalue weighted by Gasteiger charge is 2.17. The van der Waals surface area contributed by atoms with Gasteiger partial charge in [-0.05, 0) is 148 Å². The smallest absolute Gasteiger partial charge is 0.338 e. The number of ketones is 2. The molecule has 0 bridgehead atoms. The van der Waals surface area contributed by atoms with Crippen LogP contribution in [-0.2, 0) is 9.47 Å². The van der Waals surface area contributed by atoms with Gasteiger partial charge < -0.3 is 46.7 Å². The van der Waals surface area contributed by atoms with E-state index in [0.717, 1.165) is 78.4 Å². The molecule has 0 fully saturated rings. The first-order valence-electron chi connectivity index (χ1n) is 32.6. The molecule has 15 rings (SSSR count). The number of aromatic nitrogens is 11. The highest BCUT2D eigenvalue weighted by molar-refractivity contribution is 9.09. The number of benzene rings is 4. The van der Waals surface area contributed by atoms with Crippen LogP contribution >= 0.6 is 62.2 Å². The van der Waals surface area contributed by atoms with Crippen LogP contribution in [0.4, 0.5) is 38.1 Å². The van der Waals surface area contributed by atoms with Crippen molar-refractivity contribution in [2.45, 2.75) is 20.8 Å². The van der Waals surface area contributed by atoms with E-state index in [-0.39, 0.29) is 35.2 Å². The van der Waals surface area contributed by atoms with Crippen molar-refractivity contribution in [2.75, 3.05) is 53.0 Å². The number of carbonyl (C=O) groups is 5. The van der Waals surface area contributed by atoms with Crippen molar-refractivity contribution >= 4 is 157 Å². The van der Waals surface area contributed by atoms with Crippen molar-refractivity contribution < 1.29 is 48.9 Å². The maximum atomic E-state index is 11.9. The second-order valence-corrected chi connectivity index (χ2v) is 25.5. The van der Waals surface area contributed by atoms with Crippen LogP contribution in [0, 0.1) is 0 Å². The molecule has 0 unspecified atom stereocenters. The third kappa shape index (κ3) is 20.8. The van der Waals surface area contributed by atoms with E-state index in [1.54, 1.807) is 122 Å². The van der Waals surface area contributed by atoms with Gasteiger partial charge in [0.2, 0.25) is 0 Å². The average Bonchev–Trinajstić information content (AvgIpc) is 1.67. The number of thiazole rings is 3. The number of nitrogens with two attached hydrogens (primary N) is 1. The number of esters is 2. The summed E-state index contributed by atoms with van der Waals surface area (Å²) >= 11 is 12.2. The number of hydrogen-bond donors (Lipinski definition) is 9. The van der Waals surface area contributed by atoms with Crippen molar-refractivity contribution in [3.8, 4) is 34.2 Å². The summed E-state index contributed by atoms with van der Waals surface area (Å²) < 4.78 is 17.6. The second kappa shape index (κ2) is 38.5. The zero-order valence-corrected chi connectivity index (χ0v) is 62.1. The topological polar surface area (TPSA) is 359 Å². The van der Waals surface area contributed by atoms with Gasteiger partial charge in [-0.3, -0.25) is 37.2 Å². The number of alkyl halides is 1. The van der Waals surface area contributed by atoms with Crippen LogP contribution in [0.3, 0.4) is 0 Å². The molecule has 0 radical (unpaired) electrons. The molecule has 27 nitrogen and oxygen atoms in total. The number of hydroxylamine groups is 1. The number of ether oxygens (including phenoxy) is 2. The van der Waals surface area contributed by atoms with Crippen molar-refractivity contribution in [1.29, 1.82) is 0 Å². The number of halogens is 1. The first-order valence-corrected chi connectivity index (χ1v) is 36.7. The zero-order chi connectivity index (χ0) is 75.6. The number of nitrogens with one attached hydrogen (secondary N) is 5. The Morgan fingerprint density at radius 3 is 1.22 bits per heavy atom. The fourth-order valence-corrected chi connectivity index (χ4v) is 12.6. The Morgan fingerprint density at radius 2 is 0.832 bits per heavy atom. The van der Waals surface area contributed by atoms with Gasteiger partial charge in [-0.25, -0.2) is 50.0 Å². The van der Waals surface area contributed by atoms with Gasteiger partial charge in [0.05, 0.1) is 71.5 Å². The van der Waals surface area contributed by atoms with Gasteiger partial charge in [-0.15, -0.1) is 34.0 Å². The molecule has 1 amide bonds. The fraction of sp³-hybridized carbons (Fsp3) is 0.107. The Hall–Kier alpha value is -12.3. The van der Waals surface area contributed by atoms with Gasteiger partial charge in [0, 0.05) is 81.4 Å². The monoisotopic (exact) mass is 1570 g/mol. The number of carbonyl (C=O) groups excluding carboxylic acids is 5. The van der Waals surface area contributed by atoms with Crippen molar-refractivity contribution in [2.24, 2.45) is 5.73 Å². The first kappa shape index (κ1) is 77.3. The molecule has 107 heavy (non-hydrogen) atoms. The van der Waals surface area contributed by atoms with Gasteiger partial charge in [0.25, 0.3) is 5.91 Å². The summed E-state index contributed by atoms with van der Waals surface area (Å²) in [6, 6.07) is 51.0. The molecule has 11 aromatic heterocycles. The summed E-state index contributed by atoms with van der Waals surface area (Å²) in [6.07, 6.45) is 14.7. The number of rotatable bonds is 19. The van der Waals surface area contributed by atoms with E-state index in [9.17, 15) is 24.0 Å². The standard InChI is InChI=1S/C19H16N4O2S.C18H14N4O2S.C17H13N5O2S.C10H12N2O2S.C9H7BrN2O.C2H6O/c1-2-25-18(24)13-6-5-7-14(10-13)21-19-22-15(12-26-19)16-11-20-17-8-3-4-9-23(16)17;23-10-16(24)12-4-3-5-13(8-12)20-18-21-14(11-25-18)15-9-19-17-6-1-2-7-22(15)17;23-16(21-24)11-4-3-5-12(8-11)19-17-20-13(10-25-17)14-9-18-15-6-1-2-7-22(14)15;1-2-14-9(13)7-4-3-5-8(6-7)12-10(11)15;10-5-8(13)7-6-11-9-3-1-2-4-12(7)9;1-2-3/h3-12H,2H2,1H3,(H,21,22);1-9,11,23H,10H2,(H,20,21);1-10,24H,(H,19,20)(H,21,23);3-6H,2H2,1H3,(H3,11,12,15);1-4,6H,5H2;3H,2H2,1H3. The summed E-state index contributed by atoms with van der Waals surface area (Å²) in [5, 5.41) is 46.2. The minimum Gasteiger partial charge on any atom is -0.462 e. The zero-order valence-electron chi connectivity index (χ0n) is 57.3. The molecular formula is C75H68BrN17O10S4. The lowest BCUT2D eigenvalue weighted by Crippen LogP contribution is -2.19. The molecule has 32 heteroatoms. The molecule has 544 valence electrons. The summed E-state index contributed by atoms with van der Waals surface area (Å²) in [4.78, 5) is 88.8. The predicted octanol–water partition coefficient (Wildman–Crippen LogP) is 14.5. The van der Waals surface area contributed by atoms with Crippen LogP contribution in [0.15, 0.2) is 236 Å². The van der Waals surface area contributed by atoms with Crippen LogP contribution in [0.25, 0.3) is 56.8 Å². The molecule has 11 heterocycles. The molecular weight excluding hydrogens is 1510 g/mol. The van der Waals surface area contributed by atoms with Crippen molar-refractivity contribution in [1.82, 2.24) is 58.0 Å². The lowest BCUT2D eigenvalue weighted by atomic mass is 10.1. The first-order chi connectivity index (χ1) is 52.1. The summed E-state index contributed by atoms with van der Waals surface area (Å²) in [5.74, 6) is -1.52. The Balaban J connectivity index is 0.000000145. The number of thiocarbonyl (C=S) groups is 1. The number of amides is 1. The number of aliphatic hydroxyl groups excluding tert-OH is 2. The molecule has 0 atom stereocenters. The molecule has 0 aliphatic heterocycles. The molecule has 0 saturated carbocycles. The van der Waals surface area contributed by atoms with E-state index >= 15 is 0 Å². The van der Waals surface area contributed by atoms with Gasteiger partial charge >= 0.3 is 11.9 Å². The quantitative estimate of drug-likeness (QED) is 0.00906. The molecule has 0 aliphatic rings. The van der Waals surface area contributed by atoms with Crippen LogP contribution in [0.5, 0.6) is 0 Å². The third-order valence-corrected chi connectivity index (χ3v) is 17.6. The number of aliphatic hydroxyl groups is 2. The van der Waals surface area contributed by atoms with Crippen LogP contribution < -0.4 is 32.5 Å². The molecule has 10 N–H and O–H groups in total. The van der Waals surface area contributed by atoms with Crippen LogP contribution in [-0.4, -0.2) is 134 Å². The minimum atomic E-state index is -0.561. The maximum absolute atomic E-state index is 11.9. The SMILES string of the molecule is CCO.CCOC(=O)c1cccc(NC(N)=S)c1.CCOC(=O)c1cccc(Nc2nc(-c3cnc4ccccn34)cs2)c1.O=C(CBr)c1cnc2ccccn12.O=C(CO)c1cccc(Nc2nc(-c3cnc4ccccn34)cs2)c1.O=C(NO)c1cccc(Nc2nc(-c3cnc4ccccn34)cs2)c1. The van der Waals surface area contributed by atoms with Crippen LogP contribution in [0.1, 0.15) is 72.7 Å². The molecule has 0 saturated heterocycles. The number of nitrogens with zero attached hydrogens (tertiary/aromatic N) is 11. The Kier molecular flexibility index (Phi) is 27.8. The highest BCUT2D eigenvalue weighted by atomic mass is 79.9. The second-order valence-electron chi connectivity index (χ2n) is 21.9. The molecule has 15 aromatic rings.